The van der Waals surface area contributed by atoms with Crippen LogP contribution in [0.5, 0.6) is 0 Å². The molecule has 3 nitrogen and oxygen atoms in total. The Kier molecular flexibility index (Phi) is 4.20. The zero-order chi connectivity index (χ0) is 13.0. The zero-order valence-electron chi connectivity index (χ0n) is 10.4. The van der Waals surface area contributed by atoms with Gasteiger partial charge in [0.05, 0.1) is 23.6 Å². The third-order valence-corrected chi connectivity index (χ3v) is 3.83. The number of thioether (sulfide) groups is 1. The predicted molar refractivity (Wildman–Crippen MR) is 74.5 cm³/mol. The highest BCUT2D eigenvalue weighted by Crippen LogP contribution is 2.19. The van der Waals surface area contributed by atoms with Crippen LogP contribution in [0.3, 0.4) is 0 Å². The second-order valence-corrected chi connectivity index (χ2v) is 5.30. The summed E-state index contributed by atoms with van der Waals surface area (Å²) in [6.07, 6.45) is 0. The lowest BCUT2D eigenvalue weighted by atomic mass is 10.2. The molecule has 0 radical (unpaired) electrons. The van der Waals surface area contributed by atoms with Crippen LogP contribution in [0.2, 0.25) is 0 Å². The minimum Gasteiger partial charge on any atom is -0.468 e. The van der Waals surface area contributed by atoms with Crippen LogP contribution in [0.4, 0.5) is 0 Å². The first-order valence-corrected chi connectivity index (χ1v) is 6.79. The highest BCUT2D eigenvalue weighted by atomic mass is 32.2. The SMILES string of the molecule is COC(=O)C(C)SCc1ccc2ccccc2n1. The number of pyridine rings is 1. The molecule has 2 rings (SSSR count). The van der Waals surface area contributed by atoms with Crippen molar-refractivity contribution in [2.45, 2.75) is 17.9 Å². The smallest absolute Gasteiger partial charge is 0.318 e. The second-order valence-electron chi connectivity index (χ2n) is 3.97. The fourth-order valence-electron chi connectivity index (χ4n) is 1.63. The molecule has 1 aromatic heterocycles. The predicted octanol–water partition coefficient (Wildman–Crippen LogP) is 3.03. The lowest BCUT2D eigenvalue weighted by molar-refractivity contribution is -0.139. The van der Waals surface area contributed by atoms with E-state index in [-0.39, 0.29) is 11.2 Å². The minimum absolute atomic E-state index is 0.164. The molecule has 4 heteroatoms. The fraction of sp³-hybridized carbons (Fsp3) is 0.286. The molecule has 2 aromatic rings. The maximum atomic E-state index is 11.3. The van der Waals surface area contributed by atoms with Crippen LogP contribution in [0, 0.1) is 0 Å². The van der Waals surface area contributed by atoms with Gasteiger partial charge < -0.3 is 4.74 Å². The van der Waals surface area contributed by atoms with Crippen LogP contribution >= 0.6 is 11.8 Å². The van der Waals surface area contributed by atoms with E-state index in [0.29, 0.717) is 5.75 Å². The van der Waals surface area contributed by atoms with Crippen molar-refractivity contribution in [1.82, 2.24) is 4.98 Å². The lowest BCUT2D eigenvalue weighted by Gasteiger charge is -2.08. The topological polar surface area (TPSA) is 39.2 Å². The van der Waals surface area contributed by atoms with Gasteiger partial charge >= 0.3 is 5.97 Å². The summed E-state index contributed by atoms with van der Waals surface area (Å²) in [7, 11) is 1.41. The van der Waals surface area contributed by atoms with Crippen molar-refractivity contribution in [1.29, 1.82) is 0 Å². The van der Waals surface area contributed by atoms with Crippen molar-refractivity contribution in [3.05, 3.63) is 42.1 Å². The Morgan fingerprint density at radius 1 is 1.33 bits per heavy atom. The largest absolute Gasteiger partial charge is 0.468 e. The Labute approximate surface area is 111 Å². The van der Waals surface area contributed by atoms with Crippen molar-refractivity contribution in [3.8, 4) is 0 Å². The molecular formula is C14H15NO2S. The van der Waals surface area contributed by atoms with Gasteiger partial charge in [0.25, 0.3) is 0 Å². The molecule has 1 heterocycles. The van der Waals surface area contributed by atoms with Crippen LogP contribution < -0.4 is 0 Å². The van der Waals surface area contributed by atoms with Crippen LogP contribution in [-0.2, 0) is 15.3 Å². The van der Waals surface area contributed by atoms with E-state index in [1.165, 1.54) is 18.9 Å². The van der Waals surface area contributed by atoms with Crippen LogP contribution in [0.1, 0.15) is 12.6 Å². The number of para-hydroxylation sites is 1. The summed E-state index contributed by atoms with van der Waals surface area (Å²) in [5.74, 6) is 0.516. The maximum Gasteiger partial charge on any atom is 0.318 e. The summed E-state index contributed by atoms with van der Waals surface area (Å²) in [5, 5.41) is 0.968. The number of ether oxygens (including phenoxy) is 1. The van der Waals surface area contributed by atoms with Crippen molar-refractivity contribution in [2.75, 3.05) is 7.11 Å². The number of nitrogens with zero attached hydrogens (tertiary/aromatic N) is 1. The standard InChI is InChI=1S/C14H15NO2S/c1-10(14(16)17-2)18-9-12-8-7-11-5-3-4-6-13(11)15-12/h3-8,10H,9H2,1-2H3. The van der Waals surface area contributed by atoms with Gasteiger partial charge in [-0.25, -0.2) is 0 Å². The van der Waals surface area contributed by atoms with Gasteiger partial charge in [-0.05, 0) is 19.1 Å². The normalized spacial score (nSPS) is 12.3. The number of methoxy groups -OCH3 is 1. The third-order valence-electron chi connectivity index (χ3n) is 2.67. The van der Waals surface area contributed by atoms with Gasteiger partial charge in [-0.15, -0.1) is 11.8 Å². The monoisotopic (exact) mass is 261 g/mol. The van der Waals surface area contributed by atoms with Gasteiger partial charge in [-0.1, -0.05) is 24.3 Å². The molecule has 0 saturated carbocycles. The van der Waals surface area contributed by atoms with Gasteiger partial charge in [0.2, 0.25) is 0 Å². The van der Waals surface area contributed by atoms with E-state index in [1.54, 1.807) is 0 Å². The quantitative estimate of drug-likeness (QED) is 0.793. The van der Waals surface area contributed by atoms with Gasteiger partial charge in [-0.2, -0.15) is 0 Å². The lowest BCUT2D eigenvalue weighted by Crippen LogP contribution is -2.14. The molecule has 0 bridgehead atoms. The number of carbonyl (C=O) groups excluding carboxylic acids is 1. The number of hydrogen-bond donors (Lipinski definition) is 0. The van der Waals surface area contributed by atoms with Crippen LogP contribution in [0.25, 0.3) is 10.9 Å². The van der Waals surface area contributed by atoms with E-state index in [4.69, 9.17) is 4.74 Å². The second kappa shape index (κ2) is 5.87. The average molecular weight is 261 g/mol. The van der Waals surface area contributed by atoms with Crippen molar-refractivity contribution < 1.29 is 9.53 Å². The molecule has 0 saturated heterocycles. The first kappa shape index (κ1) is 12.9. The number of carbonyl (C=O) groups is 1. The first-order chi connectivity index (χ1) is 8.70. The molecule has 18 heavy (non-hydrogen) atoms. The van der Waals surface area contributed by atoms with Gasteiger partial charge in [-0.3, -0.25) is 9.78 Å². The van der Waals surface area contributed by atoms with E-state index in [0.717, 1.165) is 16.6 Å². The Hall–Kier alpha value is -1.55. The highest BCUT2D eigenvalue weighted by molar-refractivity contribution is 7.99. The van der Waals surface area contributed by atoms with Crippen molar-refractivity contribution in [3.63, 3.8) is 0 Å². The average Bonchev–Trinajstić information content (AvgIpc) is 2.43. The Balaban J connectivity index is 2.06. The number of esters is 1. The fourth-order valence-corrected chi connectivity index (χ4v) is 2.45. The molecule has 0 aliphatic rings. The van der Waals surface area contributed by atoms with Gasteiger partial charge in [0, 0.05) is 11.1 Å². The molecule has 0 N–H and O–H groups in total. The summed E-state index contributed by atoms with van der Waals surface area (Å²) in [4.78, 5) is 15.8. The molecule has 1 atom stereocenters. The van der Waals surface area contributed by atoms with E-state index in [9.17, 15) is 4.79 Å². The van der Waals surface area contributed by atoms with Gasteiger partial charge in [0.1, 0.15) is 0 Å². The number of benzene rings is 1. The first-order valence-electron chi connectivity index (χ1n) is 5.75. The van der Waals surface area contributed by atoms with Crippen molar-refractivity contribution in [2.24, 2.45) is 0 Å². The van der Waals surface area contributed by atoms with E-state index >= 15 is 0 Å². The van der Waals surface area contributed by atoms with Crippen molar-refractivity contribution >= 4 is 28.6 Å². The third kappa shape index (κ3) is 3.01. The molecule has 0 aliphatic heterocycles. The Morgan fingerprint density at radius 2 is 2.11 bits per heavy atom. The van der Waals surface area contributed by atoms with Crippen LogP contribution in [0.15, 0.2) is 36.4 Å². The molecule has 0 fully saturated rings. The van der Waals surface area contributed by atoms with Gasteiger partial charge in [0.15, 0.2) is 0 Å². The molecule has 1 aromatic carbocycles. The number of hydrogen-bond acceptors (Lipinski definition) is 4. The molecule has 0 aliphatic carbocycles. The molecule has 94 valence electrons. The summed E-state index contributed by atoms with van der Waals surface area (Å²) in [6, 6.07) is 12.1. The number of aromatic nitrogens is 1. The molecule has 0 amide bonds. The maximum absolute atomic E-state index is 11.3. The summed E-state index contributed by atoms with van der Waals surface area (Å²) < 4.78 is 4.69. The Morgan fingerprint density at radius 3 is 2.89 bits per heavy atom. The number of fused-ring (bicyclic) bond motifs is 1. The Bertz CT molecular complexity index is 556. The molecule has 0 spiro atoms. The molecular weight excluding hydrogens is 246 g/mol. The van der Waals surface area contributed by atoms with E-state index in [2.05, 4.69) is 11.1 Å². The molecule has 1 unspecified atom stereocenters. The highest BCUT2D eigenvalue weighted by Gasteiger charge is 2.13. The summed E-state index contributed by atoms with van der Waals surface area (Å²) >= 11 is 1.53. The number of rotatable bonds is 4. The van der Waals surface area contributed by atoms with E-state index < -0.39 is 0 Å². The summed E-state index contributed by atoms with van der Waals surface area (Å²) in [5.41, 5.74) is 1.97. The minimum atomic E-state index is -0.194. The van der Waals surface area contributed by atoms with Crippen LogP contribution in [-0.4, -0.2) is 23.3 Å². The van der Waals surface area contributed by atoms with E-state index in [1.807, 2.05) is 37.3 Å². The summed E-state index contributed by atoms with van der Waals surface area (Å²) in [6.45, 7) is 1.84. The zero-order valence-corrected chi connectivity index (χ0v) is 11.2.